The number of nitrogens with zero attached hydrogens (tertiary/aromatic N) is 1. The van der Waals surface area contributed by atoms with Crippen molar-refractivity contribution < 1.29 is 0 Å². The van der Waals surface area contributed by atoms with Crippen LogP contribution in [-0.4, -0.2) is 4.98 Å². The Hall–Kier alpha value is -0.930. The van der Waals surface area contributed by atoms with Crippen LogP contribution in [0.4, 0.5) is 0 Å². The molecule has 0 aromatic carbocycles. The number of hydrogen-bond acceptors (Lipinski definition) is 3. The monoisotopic (exact) mass is 249 g/mol. The Balaban J connectivity index is 2.13. The van der Waals surface area contributed by atoms with E-state index in [1.54, 1.807) is 6.20 Å². The highest BCUT2D eigenvalue weighted by molar-refractivity contribution is 5.13. The molecule has 3 nitrogen and oxygen atoms in total. The van der Waals surface area contributed by atoms with Crippen molar-refractivity contribution in [1.82, 2.24) is 10.4 Å². The Labute approximate surface area is 111 Å². The van der Waals surface area contributed by atoms with Crippen molar-refractivity contribution in [1.29, 1.82) is 0 Å². The molecule has 1 heterocycles. The van der Waals surface area contributed by atoms with E-state index in [1.807, 2.05) is 12.3 Å². The van der Waals surface area contributed by atoms with Crippen LogP contribution >= 0.6 is 0 Å². The lowest BCUT2D eigenvalue weighted by molar-refractivity contribution is 0.475. The average molecular weight is 249 g/mol. The second-order valence-electron chi connectivity index (χ2n) is 4.92. The highest BCUT2D eigenvalue weighted by Gasteiger charge is 2.08. The van der Waals surface area contributed by atoms with E-state index in [2.05, 4.69) is 23.4 Å². The molecule has 0 fully saturated rings. The summed E-state index contributed by atoms with van der Waals surface area (Å²) in [7, 11) is 0. The zero-order valence-corrected chi connectivity index (χ0v) is 11.6. The zero-order chi connectivity index (χ0) is 13.1. The lowest BCUT2D eigenvalue weighted by Crippen LogP contribution is -2.28. The number of hydrogen-bond donors (Lipinski definition) is 2. The lowest BCUT2D eigenvalue weighted by atomic mass is 10.0. The largest absolute Gasteiger partial charge is 0.271 e. The van der Waals surface area contributed by atoms with E-state index in [1.165, 1.54) is 50.5 Å². The van der Waals surface area contributed by atoms with E-state index in [4.69, 9.17) is 5.84 Å². The summed E-state index contributed by atoms with van der Waals surface area (Å²) in [5.41, 5.74) is 4.08. The minimum Gasteiger partial charge on any atom is -0.271 e. The first kappa shape index (κ1) is 15.1. The molecule has 102 valence electrons. The summed E-state index contributed by atoms with van der Waals surface area (Å²) >= 11 is 0. The normalized spacial score (nSPS) is 12.6. The van der Waals surface area contributed by atoms with Crippen molar-refractivity contribution >= 4 is 0 Å². The van der Waals surface area contributed by atoms with Gasteiger partial charge < -0.3 is 0 Å². The van der Waals surface area contributed by atoms with Gasteiger partial charge in [-0.25, -0.2) is 0 Å². The predicted octanol–water partition coefficient (Wildman–Crippen LogP) is 3.73. The van der Waals surface area contributed by atoms with Gasteiger partial charge in [-0.15, -0.1) is 0 Å². The maximum absolute atomic E-state index is 5.61. The number of rotatable bonds is 10. The Kier molecular flexibility index (Phi) is 8.43. The summed E-state index contributed by atoms with van der Waals surface area (Å²) in [4.78, 5) is 4.14. The predicted molar refractivity (Wildman–Crippen MR) is 76.9 cm³/mol. The van der Waals surface area contributed by atoms with E-state index >= 15 is 0 Å². The Morgan fingerprint density at radius 1 is 1.17 bits per heavy atom. The third kappa shape index (κ3) is 6.12. The minimum absolute atomic E-state index is 0.245. The van der Waals surface area contributed by atoms with Gasteiger partial charge in [0.1, 0.15) is 0 Å². The average Bonchev–Trinajstić information content (AvgIpc) is 2.43. The molecule has 0 saturated heterocycles. The van der Waals surface area contributed by atoms with Crippen LogP contribution in [0.3, 0.4) is 0 Å². The van der Waals surface area contributed by atoms with Crippen molar-refractivity contribution in [2.75, 3.05) is 0 Å². The van der Waals surface area contributed by atoms with Gasteiger partial charge in [0.25, 0.3) is 0 Å². The fourth-order valence-corrected chi connectivity index (χ4v) is 2.23. The Morgan fingerprint density at radius 2 is 1.89 bits per heavy atom. The summed E-state index contributed by atoms with van der Waals surface area (Å²) in [6.07, 6.45) is 14.1. The molecular formula is C15H27N3. The molecule has 0 amide bonds. The van der Waals surface area contributed by atoms with Crippen LogP contribution in [0.5, 0.6) is 0 Å². The van der Waals surface area contributed by atoms with Crippen LogP contribution in [-0.2, 0) is 0 Å². The molecule has 1 unspecified atom stereocenters. The van der Waals surface area contributed by atoms with Gasteiger partial charge >= 0.3 is 0 Å². The minimum atomic E-state index is 0.245. The fourth-order valence-electron chi connectivity index (χ4n) is 2.23. The van der Waals surface area contributed by atoms with Gasteiger partial charge in [0.2, 0.25) is 0 Å². The highest BCUT2D eigenvalue weighted by Crippen LogP contribution is 2.18. The summed E-state index contributed by atoms with van der Waals surface area (Å²) in [6.45, 7) is 2.26. The first-order valence-electron chi connectivity index (χ1n) is 7.24. The molecule has 0 aliphatic rings. The Morgan fingerprint density at radius 3 is 2.50 bits per heavy atom. The van der Waals surface area contributed by atoms with Crippen molar-refractivity contribution in [3.8, 4) is 0 Å². The molecule has 3 N–H and O–H groups in total. The van der Waals surface area contributed by atoms with Gasteiger partial charge in [-0.05, 0) is 18.1 Å². The van der Waals surface area contributed by atoms with Gasteiger partial charge in [-0.2, -0.15) is 0 Å². The number of nitrogens with one attached hydrogen (secondary N) is 1. The fraction of sp³-hybridized carbons (Fsp3) is 0.667. The molecule has 0 aliphatic heterocycles. The third-order valence-corrected chi connectivity index (χ3v) is 3.38. The van der Waals surface area contributed by atoms with E-state index in [0.29, 0.717) is 0 Å². The Bertz CT molecular complexity index is 287. The quantitative estimate of drug-likeness (QED) is 0.377. The van der Waals surface area contributed by atoms with E-state index in [0.717, 1.165) is 6.42 Å². The molecule has 0 bridgehead atoms. The van der Waals surface area contributed by atoms with Crippen LogP contribution in [0.15, 0.2) is 24.5 Å². The van der Waals surface area contributed by atoms with Gasteiger partial charge in [0.05, 0.1) is 0 Å². The molecule has 0 aliphatic carbocycles. The smallest absolute Gasteiger partial charge is 0.0475 e. The van der Waals surface area contributed by atoms with Crippen molar-refractivity contribution in [3.05, 3.63) is 30.1 Å². The number of nitrogens with two attached hydrogens (primary N) is 1. The molecule has 3 heteroatoms. The second-order valence-corrected chi connectivity index (χ2v) is 4.92. The van der Waals surface area contributed by atoms with Crippen LogP contribution < -0.4 is 11.3 Å². The topological polar surface area (TPSA) is 50.9 Å². The highest BCUT2D eigenvalue weighted by atomic mass is 15.2. The zero-order valence-electron chi connectivity index (χ0n) is 11.6. The molecule has 0 radical (unpaired) electrons. The van der Waals surface area contributed by atoms with Crippen LogP contribution in [0.1, 0.15) is 69.9 Å². The van der Waals surface area contributed by atoms with Gasteiger partial charge in [-0.1, -0.05) is 57.9 Å². The second kappa shape index (κ2) is 10.0. The number of unbranched alkanes of at least 4 members (excludes halogenated alkanes) is 6. The van der Waals surface area contributed by atoms with E-state index < -0.39 is 0 Å². The van der Waals surface area contributed by atoms with Crippen molar-refractivity contribution in [2.24, 2.45) is 5.84 Å². The molecule has 1 aromatic heterocycles. The first-order chi connectivity index (χ1) is 8.88. The SMILES string of the molecule is CCCCCCCCCC(NN)c1cccnc1. The molecule has 0 saturated carbocycles. The lowest BCUT2D eigenvalue weighted by Gasteiger charge is -2.15. The summed E-state index contributed by atoms with van der Waals surface area (Å²) < 4.78 is 0. The van der Waals surface area contributed by atoms with Crippen LogP contribution in [0.25, 0.3) is 0 Å². The van der Waals surface area contributed by atoms with Crippen LogP contribution in [0.2, 0.25) is 0 Å². The van der Waals surface area contributed by atoms with Crippen LogP contribution in [0, 0.1) is 0 Å². The molecular weight excluding hydrogens is 222 g/mol. The number of hydrazine groups is 1. The molecule has 0 spiro atoms. The standard InChI is InChI=1S/C15H27N3/c1-2-3-4-5-6-7-8-11-15(18-16)14-10-9-12-17-13-14/h9-10,12-13,15,18H,2-8,11,16H2,1H3. The van der Waals surface area contributed by atoms with Crippen molar-refractivity contribution in [2.45, 2.75) is 64.3 Å². The van der Waals surface area contributed by atoms with Crippen molar-refractivity contribution in [3.63, 3.8) is 0 Å². The number of aromatic nitrogens is 1. The van der Waals surface area contributed by atoms with Gasteiger partial charge in [0.15, 0.2) is 0 Å². The summed E-state index contributed by atoms with van der Waals surface area (Å²) in [6, 6.07) is 4.29. The summed E-state index contributed by atoms with van der Waals surface area (Å²) in [5, 5.41) is 0. The van der Waals surface area contributed by atoms with Gasteiger partial charge in [0, 0.05) is 18.4 Å². The summed E-state index contributed by atoms with van der Waals surface area (Å²) in [5.74, 6) is 5.61. The molecule has 1 aromatic rings. The van der Waals surface area contributed by atoms with E-state index in [9.17, 15) is 0 Å². The molecule has 18 heavy (non-hydrogen) atoms. The molecule has 1 rings (SSSR count). The van der Waals surface area contributed by atoms with E-state index in [-0.39, 0.29) is 6.04 Å². The van der Waals surface area contributed by atoms with Gasteiger partial charge in [-0.3, -0.25) is 16.3 Å². The molecule has 1 atom stereocenters. The first-order valence-corrected chi connectivity index (χ1v) is 7.24. The maximum atomic E-state index is 5.61. The number of pyridine rings is 1. The third-order valence-electron chi connectivity index (χ3n) is 3.38. The maximum Gasteiger partial charge on any atom is 0.0475 e.